The summed E-state index contributed by atoms with van der Waals surface area (Å²) in [5, 5.41) is 17.8. The predicted molar refractivity (Wildman–Crippen MR) is 48.7 cm³/mol. The molecule has 0 bridgehead atoms. The van der Waals surface area contributed by atoms with Crippen molar-refractivity contribution in [2.75, 3.05) is 11.5 Å². The van der Waals surface area contributed by atoms with Crippen LogP contribution in [0.25, 0.3) is 0 Å². The zero-order chi connectivity index (χ0) is 10.1. The van der Waals surface area contributed by atoms with Gasteiger partial charge in [-0.05, 0) is 18.2 Å². The van der Waals surface area contributed by atoms with Gasteiger partial charge in [0.2, 0.25) is 0 Å². The van der Waals surface area contributed by atoms with Crippen molar-refractivity contribution in [1.29, 1.82) is 0 Å². The van der Waals surface area contributed by atoms with Crippen molar-refractivity contribution in [1.82, 2.24) is 0 Å². The van der Waals surface area contributed by atoms with Gasteiger partial charge in [-0.2, -0.15) is 0 Å². The third kappa shape index (κ3) is 2.81. The highest BCUT2D eigenvalue weighted by atomic mass is 16.8. The van der Waals surface area contributed by atoms with Crippen molar-refractivity contribution < 1.29 is 14.9 Å². The van der Waals surface area contributed by atoms with Gasteiger partial charge in [0.25, 0.3) is 0 Å². The first-order valence-corrected chi connectivity index (χ1v) is 3.67. The standard InChI is InChI=1S/C8H12N2O3/c1-8(11,12)13-7-3-2-5(9)4-6(7)10/h2-4,11-12H,9-10H2,1H3. The lowest BCUT2D eigenvalue weighted by atomic mass is 10.2. The van der Waals surface area contributed by atoms with Gasteiger partial charge in [-0.1, -0.05) is 0 Å². The van der Waals surface area contributed by atoms with Crippen LogP contribution in [0.3, 0.4) is 0 Å². The van der Waals surface area contributed by atoms with Gasteiger partial charge in [0, 0.05) is 12.6 Å². The second kappa shape index (κ2) is 3.12. The summed E-state index contributed by atoms with van der Waals surface area (Å²) < 4.78 is 4.72. The molecule has 0 saturated carbocycles. The molecule has 0 atom stereocenters. The Bertz CT molecular complexity index is 307. The highest BCUT2D eigenvalue weighted by molar-refractivity contribution is 5.60. The molecule has 0 aliphatic heterocycles. The van der Waals surface area contributed by atoms with Crippen molar-refractivity contribution >= 4 is 11.4 Å². The van der Waals surface area contributed by atoms with Crippen LogP contribution in [0.1, 0.15) is 6.92 Å². The molecule has 0 aromatic heterocycles. The fourth-order valence-corrected chi connectivity index (χ4v) is 0.868. The van der Waals surface area contributed by atoms with Gasteiger partial charge in [0.15, 0.2) is 0 Å². The topological polar surface area (TPSA) is 102 Å². The lowest BCUT2D eigenvalue weighted by Crippen LogP contribution is -2.31. The third-order valence-electron chi connectivity index (χ3n) is 1.34. The van der Waals surface area contributed by atoms with Gasteiger partial charge < -0.3 is 26.4 Å². The van der Waals surface area contributed by atoms with E-state index in [1.807, 2.05) is 0 Å². The van der Waals surface area contributed by atoms with E-state index in [1.165, 1.54) is 12.1 Å². The SMILES string of the molecule is CC(O)(O)Oc1ccc(N)cc1N. The van der Waals surface area contributed by atoms with Crippen molar-refractivity contribution in [3.63, 3.8) is 0 Å². The van der Waals surface area contributed by atoms with E-state index in [1.54, 1.807) is 6.07 Å². The molecule has 1 aromatic rings. The zero-order valence-corrected chi connectivity index (χ0v) is 7.19. The summed E-state index contributed by atoms with van der Waals surface area (Å²) in [5.41, 5.74) is 11.7. The lowest BCUT2D eigenvalue weighted by Gasteiger charge is -2.18. The average molecular weight is 184 g/mol. The average Bonchev–Trinajstić information content (AvgIpc) is 1.93. The molecule has 0 fully saturated rings. The highest BCUT2D eigenvalue weighted by Gasteiger charge is 2.18. The van der Waals surface area contributed by atoms with Crippen LogP contribution < -0.4 is 16.2 Å². The Kier molecular flexibility index (Phi) is 2.31. The molecular weight excluding hydrogens is 172 g/mol. The van der Waals surface area contributed by atoms with Gasteiger partial charge in [-0.3, -0.25) is 0 Å². The van der Waals surface area contributed by atoms with Crippen molar-refractivity contribution in [3.05, 3.63) is 18.2 Å². The van der Waals surface area contributed by atoms with Crippen LogP contribution in [0.15, 0.2) is 18.2 Å². The van der Waals surface area contributed by atoms with E-state index in [0.717, 1.165) is 6.92 Å². The number of anilines is 2. The first-order valence-electron chi connectivity index (χ1n) is 3.67. The number of rotatable bonds is 2. The van der Waals surface area contributed by atoms with Gasteiger partial charge in [-0.25, -0.2) is 0 Å². The Labute approximate surface area is 75.5 Å². The molecule has 5 heteroatoms. The Hall–Kier alpha value is -1.46. The number of aliphatic hydroxyl groups is 2. The molecule has 0 heterocycles. The second-order valence-corrected chi connectivity index (χ2v) is 2.83. The minimum absolute atomic E-state index is 0.182. The van der Waals surface area contributed by atoms with E-state index < -0.39 is 5.97 Å². The van der Waals surface area contributed by atoms with Crippen molar-refractivity contribution in [2.24, 2.45) is 0 Å². The molecule has 13 heavy (non-hydrogen) atoms. The number of hydrogen-bond acceptors (Lipinski definition) is 5. The largest absolute Gasteiger partial charge is 0.437 e. The molecule has 0 unspecified atom stereocenters. The van der Waals surface area contributed by atoms with Crippen LogP contribution in [0.4, 0.5) is 11.4 Å². The first kappa shape index (κ1) is 9.63. The molecule has 6 N–H and O–H groups in total. The molecule has 0 saturated heterocycles. The summed E-state index contributed by atoms with van der Waals surface area (Å²) in [7, 11) is 0. The second-order valence-electron chi connectivity index (χ2n) is 2.83. The summed E-state index contributed by atoms with van der Waals surface area (Å²) in [5.74, 6) is -2.05. The van der Waals surface area contributed by atoms with Crippen molar-refractivity contribution in [2.45, 2.75) is 12.9 Å². The summed E-state index contributed by atoms with van der Waals surface area (Å²) in [6.07, 6.45) is 0. The molecule has 1 rings (SSSR count). The summed E-state index contributed by atoms with van der Waals surface area (Å²) in [6.45, 7) is 1.09. The first-order chi connectivity index (χ1) is 5.88. The highest BCUT2D eigenvalue weighted by Crippen LogP contribution is 2.25. The minimum atomic E-state index is -2.23. The molecule has 1 aromatic carbocycles. The Morgan fingerprint density at radius 3 is 2.38 bits per heavy atom. The van der Waals surface area contributed by atoms with Crippen LogP contribution in [-0.4, -0.2) is 16.2 Å². The van der Waals surface area contributed by atoms with Crippen LogP contribution in [0.5, 0.6) is 5.75 Å². The smallest absolute Gasteiger partial charge is 0.318 e. The lowest BCUT2D eigenvalue weighted by molar-refractivity contribution is -0.277. The predicted octanol–water partition coefficient (Wildman–Crippen LogP) is -0.112. The van der Waals surface area contributed by atoms with Gasteiger partial charge in [0.05, 0.1) is 5.69 Å². The number of ether oxygens (including phenoxy) is 1. The molecular formula is C8H12N2O3. The van der Waals surface area contributed by atoms with E-state index in [9.17, 15) is 0 Å². The van der Waals surface area contributed by atoms with Gasteiger partial charge in [-0.15, -0.1) is 0 Å². The minimum Gasteiger partial charge on any atom is -0.437 e. The maximum absolute atomic E-state index is 8.91. The van der Waals surface area contributed by atoms with Crippen LogP contribution in [0, 0.1) is 0 Å². The van der Waals surface area contributed by atoms with Crippen LogP contribution in [-0.2, 0) is 0 Å². The summed E-state index contributed by atoms with van der Waals surface area (Å²) in [6, 6.07) is 4.49. The van der Waals surface area contributed by atoms with Crippen molar-refractivity contribution in [3.8, 4) is 5.75 Å². The molecule has 5 nitrogen and oxygen atoms in total. The summed E-state index contributed by atoms with van der Waals surface area (Å²) >= 11 is 0. The number of nitrogens with two attached hydrogens (primary N) is 2. The Balaban J connectivity index is 2.90. The number of benzene rings is 1. The maximum Gasteiger partial charge on any atom is 0.318 e. The molecule has 0 amide bonds. The van der Waals surface area contributed by atoms with E-state index in [-0.39, 0.29) is 11.4 Å². The monoisotopic (exact) mass is 184 g/mol. The normalized spacial score (nSPS) is 11.3. The van der Waals surface area contributed by atoms with E-state index >= 15 is 0 Å². The molecule has 72 valence electrons. The third-order valence-corrected chi connectivity index (χ3v) is 1.34. The maximum atomic E-state index is 8.91. The molecule has 0 spiro atoms. The number of hydrogen-bond donors (Lipinski definition) is 4. The van der Waals surface area contributed by atoms with E-state index in [4.69, 9.17) is 26.4 Å². The van der Waals surface area contributed by atoms with Gasteiger partial charge >= 0.3 is 5.97 Å². The fourth-order valence-electron chi connectivity index (χ4n) is 0.868. The molecule has 0 aliphatic rings. The van der Waals surface area contributed by atoms with Crippen LogP contribution >= 0.6 is 0 Å². The number of nitrogen functional groups attached to an aromatic ring is 2. The quantitative estimate of drug-likeness (QED) is 0.379. The van der Waals surface area contributed by atoms with Gasteiger partial charge in [0.1, 0.15) is 5.75 Å². The fraction of sp³-hybridized carbons (Fsp3) is 0.250. The molecule has 0 radical (unpaired) electrons. The van der Waals surface area contributed by atoms with E-state index in [2.05, 4.69) is 0 Å². The summed E-state index contributed by atoms with van der Waals surface area (Å²) in [4.78, 5) is 0. The molecule has 0 aliphatic carbocycles. The van der Waals surface area contributed by atoms with E-state index in [0.29, 0.717) is 5.69 Å². The zero-order valence-electron chi connectivity index (χ0n) is 7.19. The van der Waals surface area contributed by atoms with Crippen LogP contribution in [0.2, 0.25) is 0 Å². The Morgan fingerprint density at radius 1 is 1.31 bits per heavy atom. The Morgan fingerprint density at radius 2 is 1.92 bits per heavy atom.